The molecule has 28 heavy (non-hydrogen) atoms. The molecule has 0 spiro atoms. The van der Waals surface area contributed by atoms with Gasteiger partial charge in [-0.2, -0.15) is 5.10 Å². The van der Waals surface area contributed by atoms with Gasteiger partial charge in [-0.05, 0) is 71.5 Å². The van der Waals surface area contributed by atoms with Crippen molar-refractivity contribution < 1.29 is 23.8 Å². The second-order valence-corrected chi connectivity index (χ2v) is 6.79. The zero-order chi connectivity index (χ0) is 20.5. The molecular weight excluding hydrogens is 480 g/mol. The maximum Gasteiger partial charge on any atom is 0.240 e. The summed E-state index contributed by atoms with van der Waals surface area (Å²) in [7, 11) is 0. The number of phenolic OH excluding ortho intramolecular Hbond substituents is 1. The van der Waals surface area contributed by atoms with E-state index in [0.717, 1.165) is 0 Å². The average Bonchev–Trinajstić information content (AvgIpc) is 2.66. The zero-order valence-electron chi connectivity index (χ0n) is 15.0. The number of benzene rings is 2. The van der Waals surface area contributed by atoms with Gasteiger partial charge in [0.15, 0.2) is 11.5 Å². The summed E-state index contributed by atoms with van der Waals surface area (Å²) >= 11 is 1.97. The molecule has 2 aromatic rings. The fourth-order valence-electron chi connectivity index (χ4n) is 2.15. The fourth-order valence-corrected chi connectivity index (χ4v) is 2.78. The quantitative estimate of drug-likeness (QED) is 0.295. The Morgan fingerprint density at radius 2 is 1.89 bits per heavy atom. The largest absolute Gasteiger partial charge is 0.504 e. The minimum Gasteiger partial charge on any atom is -0.504 e. The smallest absolute Gasteiger partial charge is 0.240 e. The molecule has 148 valence electrons. The lowest BCUT2D eigenvalue weighted by Crippen LogP contribution is -2.20. The van der Waals surface area contributed by atoms with Crippen LogP contribution in [0.1, 0.15) is 25.3 Å². The van der Waals surface area contributed by atoms with Crippen LogP contribution in [0.4, 0.5) is 10.1 Å². The minimum absolute atomic E-state index is 0.0374. The van der Waals surface area contributed by atoms with Crippen molar-refractivity contribution in [1.82, 2.24) is 5.43 Å². The van der Waals surface area contributed by atoms with Gasteiger partial charge in [-0.3, -0.25) is 9.59 Å². The maximum absolute atomic E-state index is 12.8. The van der Waals surface area contributed by atoms with Crippen molar-refractivity contribution in [3.63, 3.8) is 0 Å². The summed E-state index contributed by atoms with van der Waals surface area (Å²) < 4.78 is 18.8. The van der Waals surface area contributed by atoms with E-state index in [0.29, 0.717) is 27.2 Å². The van der Waals surface area contributed by atoms with Gasteiger partial charge < -0.3 is 15.2 Å². The van der Waals surface area contributed by atoms with Gasteiger partial charge in [0.1, 0.15) is 5.82 Å². The SMILES string of the molecule is CCOc1cc(/C=N/NC(=O)CCC(=O)Nc2ccc(F)cc2)cc(I)c1O. The van der Waals surface area contributed by atoms with Gasteiger partial charge in [0.25, 0.3) is 0 Å². The number of halogens is 2. The van der Waals surface area contributed by atoms with Crippen LogP contribution in [0.15, 0.2) is 41.5 Å². The highest BCUT2D eigenvalue weighted by Gasteiger charge is 2.09. The predicted molar refractivity (Wildman–Crippen MR) is 112 cm³/mol. The van der Waals surface area contributed by atoms with Crippen LogP contribution in [0.3, 0.4) is 0 Å². The summed E-state index contributed by atoms with van der Waals surface area (Å²) in [5, 5.41) is 16.3. The standard InChI is InChI=1S/C19H19FIN3O4/c1-2-28-16-10-12(9-15(21)19(16)27)11-22-24-18(26)8-7-17(25)23-14-5-3-13(20)4-6-14/h3-6,9-11,27H,2,7-8H2,1H3,(H,23,25)(H,24,26)/b22-11+. The third-order valence-corrected chi connectivity index (χ3v) is 4.28. The summed E-state index contributed by atoms with van der Waals surface area (Å²) in [6.45, 7) is 2.21. The first kappa shape index (κ1) is 21.6. The molecule has 2 aromatic carbocycles. The van der Waals surface area contributed by atoms with Gasteiger partial charge in [-0.15, -0.1) is 0 Å². The molecule has 0 aliphatic heterocycles. The van der Waals surface area contributed by atoms with E-state index in [4.69, 9.17) is 4.74 Å². The molecule has 0 radical (unpaired) electrons. The van der Waals surface area contributed by atoms with E-state index in [9.17, 15) is 19.1 Å². The predicted octanol–water partition coefficient (Wildman–Crippen LogP) is 3.40. The van der Waals surface area contributed by atoms with Gasteiger partial charge in [0, 0.05) is 18.5 Å². The first-order chi connectivity index (χ1) is 13.4. The van der Waals surface area contributed by atoms with E-state index in [1.54, 1.807) is 19.1 Å². The van der Waals surface area contributed by atoms with Crippen molar-refractivity contribution in [2.75, 3.05) is 11.9 Å². The van der Waals surface area contributed by atoms with Crippen molar-refractivity contribution in [3.05, 3.63) is 51.3 Å². The summed E-state index contributed by atoms with van der Waals surface area (Å²) in [6.07, 6.45) is 1.33. The maximum atomic E-state index is 12.8. The zero-order valence-corrected chi connectivity index (χ0v) is 17.2. The molecule has 0 aliphatic carbocycles. The van der Waals surface area contributed by atoms with Crippen molar-refractivity contribution in [1.29, 1.82) is 0 Å². The van der Waals surface area contributed by atoms with Crippen LogP contribution in [0.2, 0.25) is 0 Å². The number of carbonyl (C=O) groups excluding carboxylic acids is 2. The Balaban J connectivity index is 1.81. The summed E-state index contributed by atoms with van der Waals surface area (Å²) in [4.78, 5) is 23.6. The number of amides is 2. The Kier molecular flexibility index (Phi) is 8.18. The Morgan fingerprint density at radius 3 is 2.57 bits per heavy atom. The highest BCUT2D eigenvalue weighted by Crippen LogP contribution is 2.32. The number of anilines is 1. The van der Waals surface area contributed by atoms with E-state index >= 15 is 0 Å². The van der Waals surface area contributed by atoms with Crippen LogP contribution in [-0.4, -0.2) is 29.7 Å². The van der Waals surface area contributed by atoms with E-state index in [1.165, 1.54) is 30.5 Å². The molecule has 3 N–H and O–H groups in total. The molecule has 0 aliphatic rings. The first-order valence-electron chi connectivity index (χ1n) is 8.41. The van der Waals surface area contributed by atoms with Crippen LogP contribution >= 0.6 is 22.6 Å². The molecule has 0 bridgehead atoms. The highest BCUT2D eigenvalue weighted by molar-refractivity contribution is 14.1. The van der Waals surface area contributed by atoms with Gasteiger partial charge in [0.05, 0.1) is 16.4 Å². The second-order valence-electron chi connectivity index (χ2n) is 5.63. The number of carbonyl (C=O) groups is 2. The number of nitrogens with zero attached hydrogens (tertiary/aromatic N) is 1. The topological polar surface area (TPSA) is 100 Å². The normalized spacial score (nSPS) is 10.7. The van der Waals surface area contributed by atoms with Crippen molar-refractivity contribution in [2.24, 2.45) is 5.10 Å². The molecule has 9 heteroatoms. The number of hydrogen-bond acceptors (Lipinski definition) is 5. The lowest BCUT2D eigenvalue weighted by Gasteiger charge is -2.08. The van der Waals surface area contributed by atoms with Crippen LogP contribution in [-0.2, 0) is 9.59 Å². The molecule has 2 amide bonds. The molecule has 2 rings (SSSR count). The van der Waals surface area contributed by atoms with Crippen LogP contribution in [0, 0.1) is 9.39 Å². The fraction of sp³-hybridized carbons (Fsp3) is 0.211. The molecule has 0 heterocycles. The van der Waals surface area contributed by atoms with Gasteiger partial charge in [-0.1, -0.05) is 0 Å². The number of nitrogens with one attached hydrogen (secondary N) is 2. The van der Waals surface area contributed by atoms with Gasteiger partial charge in [0.2, 0.25) is 11.8 Å². The molecule has 0 aromatic heterocycles. The number of aromatic hydroxyl groups is 1. The van der Waals surface area contributed by atoms with Crippen LogP contribution in [0.5, 0.6) is 11.5 Å². The molecule has 0 unspecified atom stereocenters. The highest BCUT2D eigenvalue weighted by atomic mass is 127. The lowest BCUT2D eigenvalue weighted by atomic mass is 10.2. The van der Waals surface area contributed by atoms with Crippen LogP contribution < -0.4 is 15.5 Å². The minimum atomic E-state index is -0.427. The molecule has 0 atom stereocenters. The molecule has 7 nitrogen and oxygen atoms in total. The summed E-state index contributed by atoms with van der Waals surface area (Å²) in [5.41, 5.74) is 3.43. The van der Waals surface area contributed by atoms with E-state index in [2.05, 4.69) is 15.8 Å². The molecular formula is C19H19FIN3O4. The Hall–Kier alpha value is -2.69. The van der Waals surface area contributed by atoms with Crippen molar-refractivity contribution in [2.45, 2.75) is 19.8 Å². The first-order valence-corrected chi connectivity index (χ1v) is 9.49. The van der Waals surface area contributed by atoms with Crippen molar-refractivity contribution >= 4 is 46.3 Å². The van der Waals surface area contributed by atoms with Gasteiger partial charge >= 0.3 is 0 Å². The third kappa shape index (κ3) is 6.80. The van der Waals surface area contributed by atoms with E-state index in [1.807, 2.05) is 22.6 Å². The monoisotopic (exact) mass is 499 g/mol. The molecule has 0 fully saturated rings. The number of hydrazone groups is 1. The van der Waals surface area contributed by atoms with Gasteiger partial charge in [-0.25, -0.2) is 9.82 Å². The second kappa shape index (κ2) is 10.6. The van der Waals surface area contributed by atoms with E-state index < -0.39 is 11.7 Å². The number of ether oxygens (including phenoxy) is 1. The van der Waals surface area contributed by atoms with E-state index in [-0.39, 0.29) is 24.5 Å². The summed E-state index contributed by atoms with van der Waals surface area (Å²) in [6, 6.07) is 8.63. The lowest BCUT2D eigenvalue weighted by molar-refractivity contribution is -0.124. The molecule has 0 saturated heterocycles. The summed E-state index contributed by atoms with van der Waals surface area (Å²) in [5.74, 6) is -0.799. The third-order valence-electron chi connectivity index (χ3n) is 3.46. The van der Waals surface area contributed by atoms with Crippen molar-refractivity contribution in [3.8, 4) is 11.5 Å². The number of phenols is 1. The molecule has 0 saturated carbocycles. The van der Waals surface area contributed by atoms with Crippen LogP contribution in [0.25, 0.3) is 0 Å². The Bertz CT molecular complexity index is 872. The number of hydrogen-bond donors (Lipinski definition) is 3. The average molecular weight is 499 g/mol. The Labute approximate surface area is 175 Å². The number of rotatable bonds is 8. The Morgan fingerprint density at radius 1 is 1.21 bits per heavy atom.